The second kappa shape index (κ2) is 9.35. The van der Waals surface area contributed by atoms with Crippen LogP contribution in [0, 0.1) is 0 Å². The summed E-state index contributed by atoms with van der Waals surface area (Å²) in [6.45, 7) is 2.65. The maximum absolute atomic E-state index is 12.4. The fraction of sp³-hybridized carbons (Fsp3) is 0.304. The van der Waals surface area contributed by atoms with E-state index in [9.17, 15) is 4.79 Å². The summed E-state index contributed by atoms with van der Waals surface area (Å²) in [6, 6.07) is 13.5. The number of hydrogen-bond acceptors (Lipinski definition) is 6. The Balaban J connectivity index is 1.64. The molecule has 1 saturated heterocycles. The number of hydrogen-bond donors (Lipinski definition) is 2. The van der Waals surface area contributed by atoms with E-state index in [0.29, 0.717) is 12.4 Å². The van der Waals surface area contributed by atoms with Gasteiger partial charge in [-0.3, -0.25) is 14.8 Å². The number of aromatic nitrogens is 3. The van der Waals surface area contributed by atoms with Crippen molar-refractivity contribution in [1.29, 1.82) is 0 Å². The molecule has 0 saturated carbocycles. The summed E-state index contributed by atoms with van der Waals surface area (Å²) < 4.78 is 0. The Morgan fingerprint density at radius 2 is 1.97 bits per heavy atom. The number of nitrogens with one attached hydrogen (secondary N) is 1. The molecule has 7 nitrogen and oxygen atoms in total. The fourth-order valence-electron chi connectivity index (χ4n) is 3.86. The normalized spacial score (nSPS) is 14.5. The molecule has 0 aliphatic carbocycles. The number of primary amides is 1. The summed E-state index contributed by atoms with van der Waals surface area (Å²) >= 11 is 0. The van der Waals surface area contributed by atoms with Gasteiger partial charge in [-0.1, -0.05) is 18.2 Å². The van der Waals surface area contributed by atoms with Crippen molar-refractivity contribution in [2.24, 2.45) is 5.73 Å². The first-order valence-electron chi connectivity index (χ1n) is 10.3. The zero-order valence-corrected chi connectivity index (χ0v) is 16.9. The minimum Gasteiger partial charge on any atom is -0.369 e. The van der Waals surface area contributed by atoms with Crippen LogP contribution in [0.1, 0.15) is 35.6 Å². The smallest absolute Gasteiger partial charge is 0.229 e. The van der Waals surface area contributed by atoms with Crippen LogP contribution in [0.4, 0.5) is 11.6 Å². The number of anilines is 2. The van der Waals surface area contributed by atoms with Crippen LogP contribution in [-0.2, 0) is 11.2 Å². The van der Waals surface area contributed by atoms with E-state index in [1.807, 2.05) is 42.5 Å². The monoisotopic (exact) mass is 402 g/mol. The average molecular weight is 403 g/mol. The highest BCUT2D eigenvalue weighted by molar-refractivity contribution is 5.87. The molecule has 30 heavy (non-hydrogen) atoms. The van der Waals surface area contributed by atoms with E-state index in [0.717, 1.165) is 42.1 Å². The lowest BCUT2D eigenvalue weighted by molar-refractivity contribution is -0.118. The minimum atomic E-state index is -0.615. The molecule has 1 unspecified atom stereocenters. The molecule has 3 aromatic rings. The number of nitrogens with two attached hydrogens (primary N) is 1. The van der Waals surface area contributed by atoms with Crippen molar-refractivity contribution in [1.82, 2.24) is 15.0 Å². The molecule has 1 aliphatic heterocycles. The molecule has 1 fully saturated rings. The van der Waals surface area contributed by atoms with Crippen molar-refractivity contribution < 1.29 is 4.79 Å². The third-order valence-corrected chi connectivity index (χ3v) is 5.35. The molecule has 3 N–H and O–H groups in total. The van der Waals surface area contributed by atoms with Crippen LogP contribution in [0.15, 0.2) is 61.1 Å². The van der Waals surface area contributed by atoms with Crippen LogP contribution in [0.25, 0.3) is 0 Å². The standard InChI is InChI=1S/C23H26N6O/c24-22(30)21(17-6-5-11-25-16-17)19-8-9-20(29-14-3-4-15-29)28-23(19)27-13-10-18-7-1-2-12-26-18/h1-2,5-9,11-12,16,21H,3-4,10,13-15H2,(H2,24,30)(H,27,28). The SMILES string of the molecule is NC(=O)C(c1cccnc1)c1ccc(N2CCCC2)nc1NCCc1ccccn1. The van der Waals surface area contributed by atoms with Gasteiger partial charge in [-0.05, 0) is 42.7 Å². The van der Waals surface area contributed by atoms with Crippen molar-refractivity contribution >= 4 is 17.5 Å². The van der Waals surface area contributed by atoms with Crippen molar-refractivity contribution in [2.75, 3.05) is 29.9 Å². The molecule has 0 radical (unpaired) electrons. The van der Waals surface area contributed by atoms with Gasteiger partial charge in [0, 0.05) is 55.9 Å². The van der Waals surface area contributed by atoms with Gasteiger partial charge in [0.05, 0.1) is 5.92 Å². The Morgan fingerprint density at radius 3 is 2.67 bits per heavy atom. The predicted molar refractivity (Wildman–Crippen MR) is 117 cm³/mol. The van der Waals surface area contributed by atoms with E-state index < -0.39 is 11.8 Å². The topological polar surface area (TPSA) is 97.0 Å². The molecule has 1 amide bonds. The number of carbonyl (C=O) groups is 1. The first kappa shape index (κ1) is 19.8. The fourth-order valence-corrected chi connectivity index (χ4v) is 3.86. The van der Waals surface area contributed by atoms with Crippen LogP contribution in [-0.4, -0.2) is 40.5 Å². The largest absolute Gasteiger partial charge is 0.369 e. The molecule has 0 spiro atoms. The van der Waals surface area contributed by atoms with E-state index >= 15 is 0 Å². The number of nitrogens with zero attached hydrogens (tertiary/aromatic N) is 4. The van der Waals surface area contributed by atoms with Gasteiger partial charge in [-0.15, -0.1) is 0 Å². The number of rotatable bonds is 8. The Labute approximate surface area is 176 Å². The summed E-state index contributed by atoms with van der Waals surface area (Å²) in [5.41, 5.74) is 8.33. The highest BCUT2D eigenvalue weighted by atomic mass is 16.1. The average Bonchev–Trinajstić information content (AvgIpc) is 3.31. The summed E-state index contributed by atoms with van der Waals surface area (Å²) in [7, 11) is 0. The van der Waals surface area contributed by atoms with E-state index in [1.54, 1.807) is 18.6 Å². The van der Waals surface area contributed by atoms with E-state index in [2.05, 4.69) is 20.2 Å². The third kappa shape index (κ3) is 4.56. The van der Waals surface area contributed by atoms with Crippen molar-refractivity contribution in [2.45, 2.75) is 25.2 Å². The molecule has 0 aromatic carbocycles. The van der Waals surface area contributed by atoms with Crippen molar-refractivity contribution in [3.05, 3.63) is 77.9 Å². The Hall–Kier alpha value is -3.48. The number of carbonyl (C=O) groups excluding carboxylic acids is 1. The molecule has 7 heteroatoms. The van der Waals surface area contributed by atoms with E-state index in [4.69, 9.17) is 10.7 Å². The lowest BCUT2D eigenvalue weighted by atomic mass is 9.92. The highest BCUT2D eigenvalue weighted by Gasteiger charge is 2.25. The Kier molecular flexibility index (Phi) is 6.17. The molecule has 154 valence electrons. The third-order valence-electron chi connectivity index (χ3n) is 5.35. The maximum atomic E-state index is 12.4. The number of pyridine rings is 3. The van der Waals surface area contributed by atoms with Gasteiger partial charge in [-0.2, -0.15) is 0 Å². The molecule has 3 aromatic heterocycles. The summed E-state index contributed by atoms with van der Waals surface area (Å²) in [4.78, 5) is 28.1. The lowest BCUT2D eigenvalue weighted by Gasteiger charge is -2.22. The van der Waals surface area contributed by atoms with Gasteiger partial charge in [0.25, 0.3) is 0 Å². The zero-order chi connectivity index (χ0) is 20.8. The van der Waals surface area contributed by atoms with Crippen LogP contribution in [0.3, 0.4) is 0 Å². The quantitative estimate of drug-likeness (QED) is 0.601. The van der Waals surface area contributed by atoms with Gasteiger partial charge in [-0.25, -0.2) is 4.98 Å². The predicted octanol–water partition coefficient (Wildman–Crippen LogP) is 2.74. The van der Waals surface area contributed by atoms with E-state index in [1.165, 1.54) is 12.8 Å². The van der Waals surface area contributed by atoms with Crippen molar-refractivity contribution in [3.63, 3.8) is 0 Å². The molecular weight excluding hydrogens is 376 g/mol. The second-order valence-corrected chi connectivity index (χ2v) is 7.42. The molecule has 0 bridgehead atoms. The first-order valence-corrected chi connectivity index (χ1v) is 10.3. The number of amides is 1. The van der Waals surface area contributed by atoms with Crippen LogP contribution < -0.4 is 16.0 Å². The van der Waals surface area contributed by atoms with E-state index in [-0.39, 0.29) is 0 Å². The summed E-state index contributed by atoms with van der Waals surface area (Å²) in [5, 5.41) is 3.42. The molecule has 1 atom stereocenters. The molecule has 4 rings (SSSR count). The van der Waals surface area contributed by atoms with Gasteiger partial charge in [0.15, 0.2) is 0 Å². The molecule has 1 aliphatic rings. The molecular formula is C23H26N6O. The van der Waals surface area contributed by atoms with Crippen LogP contribution >= 0.6 is 0 Å². The van der Waals surface area contributed by atoms with Gasteiger partial charge >= 0.3 is 0 Å². The summed E-state index contributed by atoms with van der Waals surface area (Å²) in [6.07, 6.45) is 8.25. The van der Waals surface area contributed by atoms with Crippen LogP contribution in [0.2, 0.25) is 0 Å². The second-order valence-electron chi connectivity index (χ2n) is 7.42. The van der Waals surface area contributed by atoms with Gasteiger partial charge in [0.1, 0.15) is 11.6 Å². The highest BCUT2D eigenvalue weighted by Crippen LogP contribution is 2.31. The minimum absolute atomic E-state index is 0.425. The Morgan fingerprint density at radius 1 is 1.10 bits per heavy atom. The van der Waals surface area contributed by atoms with Crippen LogP contribution in [0.5, 0.6) is 0 Å². The first-order chi connectivity index (χ1) is 14.7. The zero-order valence-electron chi connectivity index (χ0n) is 16.9. The summed E-state index contributed by atoms with van der Waals surface area (Å²) in [5.74, 6) is 0.566. The molecule has 4 heterocycles. The van der Waals surface area contributed by atoms with Gasteiger partial charge < -0.3 is 16.0 Å². The Bertz CT molecular complexity index is 973. The maximum Gasteiger partial charge on any atom is 0.229 e. The van der Waals surface area contributed by atoms with Gasteiger partial charge in [0.2, 0.25) is 5.91 Å². The van der Waals surface area contributed by atoms with Crippen molar-refractivity contribution in [3.8, 4) is 0 Å². The lowest BCUT2D eigenvalue weighted by Crippen LogP contribution is -2.25.